The van der Waals surface area contributed by atoms with Crippen LogP contribution in [-0.4, -0.2) is 20.1 Å². The Bertz CT molecular complexity index is 222. The lowest BCUT2D eigenvalue weighted by atomic mass is 10.2. The van der Waals surface area contributed by atoms with Crippen LogP contribution in [0.25, 0.3) is 0 Å². The molecule has 0 spiro atoms. The smallest absolute Gasteiger partial charge is 0.108 e. The Morgan fingerprint density at radius 3 is 2.92 bits per heavy atom. The number of aliphatic hydroxyl groups excluding tert-OH is 1. The molecule has 1 aromatic heterocycles. The first-order valence-electron chi connectivity index (χ1n) is 4.36. The number of aliphatic hydroxyl groups is 1. The van der Waals surface area contributed by atoms with Crippen molar-refractivity contribution in [2.24, 2.45) is 0 Å². The molecule has 12 heavy (non-hydrogen) atoms. The molecule has 0 aliphatic carbocycles. The van der Waals surface area contributed by atoms with E-state index in [4.69, 9.17) is 5.11 Å². The maximum Gasteiger partial charge on any atom is 0.108 e. The van der Waals surface area contributed by atoms with Crippen LogP contribution in [0.3, 0.4) is 0 Å². The Kier molecular flexibility index (Phi) is 3.73. The summed E-state index contributed by atoms with van der Waals surface area (Å²) >= 11 is 0. The van der Waals surface area contributed by atoms with Gasteiger partial charge in [0.05, 0.1) is 12.8 Å². The van der Waals surface area contributed by atoms with Gasteiger partial charge in [0, 0.05) is 6.54 Å². The van der Waals surface area contributed by atoms with E-state index < -0.39 is 0 Å². The summed E-state index contributed by atoms with van der Waals surface area (Å²) in [5.41, 5.74) is 0.645. The zero-order valence-corrected chi connectivity index (χ0v) is 7.40. The average Bonchev–Trinajstić information content (AvgIpc) is 2.53. The average molecular weight is 169 g/mol. The third-order valence-corrected chi connectivity index (χ3v) is 1.74. The van der Waals surface area contributed by atoms with E-state index in [0.29, 0.717) is 5.69 Å². The van der Waals surface area contributed by atoms with Gasteiger partial charge in [-0.05, 0) is 6.42 Å². The summed E-state index contributed by atoms with van der Waals surface area (Å²) in [6.45, 7) is 3.05. The van der Waals surface area contributed by atoms with E-state index in [1.807, 2.05) is 0 Å². The van der Waals surface area contributed by atoms with Crippen molar-refractivity contribution in [3.05, 3.63) is 11.9 Å². The maximum absolute atomic E-state index is 8.71. The van der Waals surface area contributed by atoms with E-state index in [0.717, 1.165) is 13.0 Å². The first-order chi connectivity index (χ1) is 5.86. The Morgan fingerprint density at radius 1 is 1.50 bits per heavy atom. The van der Waals surface area contributed by atoms with Crippen molar-refractivity contribution in [3.63, 3.8) is 0 Å². The highest BCUT2D eigenvalue weighted by Gasteiger charge is 1.97. The van der Waals surface area contributed by atoms with Crippen LogP contribution in [0.2, 0.25) is 0 Å². The van der Waals surface area contributed by atoms with Gasteiger partial charge in [-0.25, -0.2) is 0 Å². The number of hydrogen-bond donors (Lipinski definition) is 1. The molecule has 0 aliphatic heterocycles. The van der Waals surface area contributed by atoms with Gasteiger partial charge in [-0.15, -0.1) is 5.10 Å². The zero-order valence-electron chi connectivity index (χ0n) is 7.40. The molecule has 4 nitrogen and oxygen atoms in total. The molecule has 0 amide bonds. The molecule has 0 saturated heterocycles. The Labute approximate surface area is 72.2 Å². The summed E-state index contributed by atoms with van der Waals surface area (Å²) < 4.78 is 1.78. The van der Waals surface area contributed by atoms with Crippen LogP contribution in [-0.2, 0) is 13.2 Å². The fraction of sp³-hybridized carbons (Fsp3) is 0.750. The normalized spacial score (nSPS) is 10.5. The molecule has 0 aliphatic rings. The lowest BCUT2D eigenvalue weighted by molar-refractivity contribution is 0.276. The highest BCUT2D eigenvalue weighted by molar-refractivity contribution is 4.88. The number of nitrogens with zero attached hydrogens (tertiary/aromatic N) is 3. The van der Waals surface area contributed by atoms with Gasteiger partial charge in [-0.3, -0.25) is 4.68 Å². The van der Waals surface area contributed by atoms with Crippen molar-refractivity contribution in [3.8, 4) is 0 Å². The van der Waals surface area contributed by atoms with Crippen LogP contribution in [0.15, 0.2) is 6.20 Å². The SMILES string of the molecule is CCCCCn1cc(CO)nn1. The lowest BCUT2D eigenvalue weighted by Gasteiger charge is -1.96. The quantitative estimate of drug-likeness (QED) is 0.668. The highest BCUT2D eigenvalue weighted by Crippen LogP contribution is 1.98. The van der Waals surface area contributed by atoms with E-state index in [-0.39, 0.29) is 6.61 Å². The molecule has 0 bridgehead atoms. The van der Waals surface area contributed by atoms with Gasteiger partial charge in [-0.1, -0.05) is 25.0 Å². The van der Waals surface area contributed by atoms with Gasteiger partial charge in [0.2, 0.25) is 0 Å². The number of hydrogen-bond acceptors (Lipinski definition) is 3. The molecule has 1 N–H and O–H groups in total. The van der Waals surface area contributed by atoms with E-state index in [2.05, 4.69) is 17.2 Å². The van der Waals surface area contributed by atoms with Crippen molar-refractivity contribution in [2.45, 2.75) is 39.3 Å². The predicted octanol–water partition coefficient (Wildman–Crippen LogP) is 0.961. The van der Waals surface area contributed by atoms with Gasteiger partial charge in [-0.2, -0.15) is 0 Å². The second-order valence-corrected chi connectivity index (χ2v) is 2.84. The molecular formula is C8H15N3O. The fourth-order valence-electron chi connectivity index (χ4n) is 1.04. The molecule has 1 heterocycles. The minimum Gasteiger partial charge on any atom is -0.390 e. The Morgan fingerprint density at radius 2 is 2.33 bits per heavy atom. The molecule has 0 fully saturated rings. The maximum atomic E-state index is 8.71. The van der Waals surface area contributed by atoms with Gasteiger partial charge in [0.15, 0.2) is 0 Å². The van der Waals surface area contributed by atoms with Crippen LogP contribution in [0, 0.1) is 0 Å². The van der Waals surface area contributed by atoms with Gasteiger partial charge in [0.1, 0.15) is 5.69 Å². The first kappa shape index (κ1) is 9.19. The summed E-state index contributed by atoms with van der Waals surface area (Å²) in [5, 5.41) is 16.3. The van der Waals surface area contributed by atoms with Crippen molar-refractivity contribution >= 4 is 0 Å². The van der Waals surface area contributed by atoms with Gasteiger partial charge in [0.25, 0.3) is 0 Å². The van der Waals surface area contributed by atoms with Crippen molar-refractivity contribution in [2.75, 3.05) is 0 Å². The minimum absolute atomic E-state index is 0.0201. The topological polar surface area (TPSA) is 50.9 Å². The molecule has 1 rings (SSSR count). The van der Waals surface area contributed by atoms with E-state index in [1.54, 1.807) is 10.9 Å². The highest BCUT2D eigenvalue weighted by atomic mass is 16.3. The predicted molar refractivity (Wildman–Crippen MR) is 45.5 cm³/mol. The number of aromatic nitrogens is 3. The monoisotopic (exact) mass is 169 g/mol. The van der Waals surface area contributed by atoms with Crippen LogP contribution in [0.4, 0.5) is 0 Å². The number of rotatable bonds is 5. The van der Waals surface area contributed by atoms with Gasteiger partial charge < -0.3 is 5.11 Å². The largest absolute Gasteiger partial charge is 0.390 e. The van der Waals surface area contributed by atoms with E-state index >= 15 is 0 Å². The molecule has 0 saturated carbocycles. The summed E-state index contributed by atoms with van der Waals surface area (Å²) in [6, 6.07) is 0. The molecule has 0 radical (unpaired) electrons. The third kappa shape index (κ3) is 2.62. The van der Waals surface area contributed by atoms with Crippen LogP contribution in [0.1, 0.15) is 31.9 Å². The number of aryl methyl sites for hydroxylation is 1. The van der Waals surface area contributed by atoms with Gasteiger partial charge >= 0.3 is 0 Å². The fourth-order valence-corrected chi connectivity index (χ4v) is 1.04. The van der Waals surface area contributed by atoms with Crippen LogP contribution >= 0.6 is 0 Å². The molecule has 68 valence electrons. The van der Waals surface area contributed by atoms with Crippen molar-refractivity contribution in [1.29, 1.82) is 0 Å². The summed E-state index contributed by atoms with van der Waals surface area (Å²) in [5.74, 6) is 0. The zero-order chi connectivity index (χ0) is 8.81. The molecule has 0 aromatic carbocycles. The summed E-state index contributed by atoms with van der Waals surface area (Å²) in [7, 11) is 0. The van der Waals surface area contributed by atoms with E-state index in [9.17, 15) is 0 Å². The first-order valence-corrected chi connectivity index (χ1v) is 4.36. The van der Waals surface area contributed by atoms with Crippen molar-refractivity contribution in [1.82, 2.24) is 15.0 Å². The number of unbranched alkanes of at least 4 members (excludes halogenated alkanes) is 2. The molecule has 1 aromatic rings. The standard InChI is InChI=1S/C8H15N3O/c1-2-3-4-5-11-6-8(7-12)9-10-11/h6,12H,2-5,7H2,1H3. The second-order valence-electron chi connectivity index (χ2n) is 2.84. The van der Waals surface area contributed by atoms with E-state index in [1.165, 1.54) is 12.8 Å². The molecule has 4 heteroatoms. The minimum atomic E-state index is -0.0201. The second kappa shape index (κ2) is 4.87. The molecular weight excluding hydrogens is 154 g/mol. The molecule has 0 unspecified atom stereocenters. The Hall–Kier alpha value is -0.900. The van der Waals surface area contributed by atoms with Crippen LogP contribution < -0.4 is 0 Å². The molecule has 0 atom stereocenters. The Balaban J connectivity index is 2.31. The summed E-state index contributed by atoms with van der Waals surface area (Å²) in [4.78, 5) is 0. The lowest BCUT2D eigenvalue weighted by Crippen LogP contribution is -1.98. The summed E-state index contributed by atoms with van der Waals surface area (Å²) in [6.07, 6.45) is 5.34. The third-order valence-electron chi connectivity index (χ3n) is 1.74. The van der Waals surface area contributed by atoms with Crippen molar-refractivity contribution < 1.29 is 5.11 Å². The van der Waals surface area contributed by atoms with Crippen LogP contribution in [0.5, 0.6) is 0 Å².